The van der Waals surface area contributed by atoms with E-state index in [0.717, 1.165) is 6.08 Å². The van der Waals surface area contributed by atoms with Crippen LogP contribution in [-0.4, -0.2) is 16.1 Å². The van der Waals surface area contributed by atoms with E-state index in [0.29, 0.717) is 5.56 Å². The minimum Gasteiger partial charge on any atom is -0.478 e. The molecule has 0 spiro atoms. The molecule has 1 heterocycles. The van der Waals surface area contributed by atoms with Crippen LogP contribution in [0.1, 0.15) is 5.56 Å². The molecule has 0 aliphatic carbocycles. The molecule has 1 N–H and O–H groups in total. The van der Waals surface area contributed by atoms with Crippen LogP contribution in [0.5, 0.6) is 0 Å². The second kappa shape index (κ2) is 4.25. The van der Waals surface area contributed by atoms with Gasteiger partial charge in [-0.25, -0.2) is 9.78 Å². The van der Waals surface area contributed by atoms with Crippen molar-refractivity contribution in [3.63, 3.8) is 0 Å². The lowest BCUT2D eigenvalue weighted by molar-refractivity contribution is -0.131. The van der Waals surface area contributed by atoms with Crippen molar-refractivity contribution in [1.82, 2.24) is 4.98 Å². The predicted octanol–water partition coefficient (Wildman–Crippen LogP) is 2.49. The molecule has 68 valence electrons. The standard InChI is InChI=1S/C8H5Cl2NO2/c9-6-3-5(1-2-8(12)13)4-7(10)11-6/h1-4H,(H,12,13). The lowest BCUT2D eigenvalue weighted by Gasteiger charge is -1.94. The summed E-state index contributed by atoms with van der Waals surface area (Å²) in [5.74, 6) is -1.02. The molecular formula is C8H5Cl2NO2. The zero-order valence-corrected chi connectivity index (χ0v) is 7.88. The Hall–Kier alpha value is -1.06. The van der Waals surface area contributed by atoms with Crippen molar-refractivity contribution >= 4 is 35.2 Å². The van der Waals surface area contributed by atoms with E-state index in [4.69, 9.17) is 28.3 Å². The fourth-order valence-electron chi connectivity index (χ4n) is 0.747. The molecule has 13 heavy (non-hydrogen) atoms. The third-order valence-electron chi connectivity index (χ3n) is 1.20. The predicted molar refractivity (Wildman–Crippen MR) is 50.9 cm³/mol. The van der Waals surface area contributed by atoms with Crippen molar-refractivity contribution < 1.29 is 9.90 Å². The van der Waals surface area contributed by atoms with Crippen molar-refractivity contribution in [2.45, 2.75) is 0 Å². The zero-order valence-electron chi connectivity index (χ0n) is 6.37. The van der Waals surface area contributed by atoms with E-state index < -0.39 is 5.97 Å². The summed E-state index contributed by atoms with van der Waals surface area (Å²) in [6.45, 7) is 0. The summed E-state index contributed by atoms with van der Waals surface area (Å²) in [6.07, 6.45) is 2.39. The van der Waals surface area contributed by atoms with E-state index >= 15 is 0 Å². The average Bonchev–Trinajstić information content (AvgIpc) is 1.99. The Bertz CT molecular complexity index is 343. The van der Waals surface area contributed by atoms with Gasteiger partial charge in [0.05, 0.1) is 0 Å². The van der Waals surface area contributed by atoms with Gasteiger partial charge in [0.1, 0.15) is 10.3 Å². The van der Waals surface area contributed by atoms with Crippen LogP contribution in [0, 0.1) is 0 Å². The summed E-state index contributed by atoms with van der Waals surface area (Å²) in [4.78, 5) is 13.9. The van der Waals surface area contributed by atoms with Gasteiger partial charge >= 0.3 is 5.97 Å². The van der Waals surface area contributed by atoms with Gasteiger partial charge < -0.3 is 5.11 Å². The van der Waals surface area contributed by atoms with E-state index in [9.17, 15) is 4.79 Å². The van der Waals surface area contributed by atoms with E-state index in [-0.39, 0.29) is 10.3 Å². The van der Waals surface area contributed by atoms with Gasteiger partial charge in [-0.3, -0.25) is 0 Å². The summed E-state index contributed by atoms with van der Waals surface area (Å²) in [5.41, 5.74) is 0.604. The van der Waals surface area contributed by atoms with Crippen molar-refractivity contribution in [3.8, 4) is 0 Å². The molecular weight excluding hydrogens is 213 g/mol. The van der Waals surface area contributed by atoms with Gasteiger partial charge in [-0.15, -0.1) is 0 Å². The summed E-state index contributed by atoms with van der Waals surface area (Å²) < 4.78 is 0. The highest BCUT2D eigenvalue weighted by Crippen LogP contribution is 2.15. The van der Waals surface area contributed by atoms with Gasteiger partial charge in [0.15, 0.2) is 0 Å². The molecule has 3 nitrogen and oxygen atoms in total. The number of aliphatic carboxylic acids is 1. The number of pyridine rings is 1. The molecule has 0 aromatic carbocycles. The second-order valence-electron chi connectivity index (χ2n) is 2.22. The Labute approximate surface area is 84.6 Å². The van der Waals surface area contributed by atoms with Gasteiger partial charge in [0.25, 0.3) is 0 Å². The van der Waals surface area contributed by atoms with Crippen molar-refractivity contribution in [1.29, 1.82) is 0 Å². The van der Waals surface area contributed by atoms with Crippen LogP contribution in [0.3, 0.4) is 0 Å². The minimum atomic E-state index is -1.02. The maximum atomic E-state index is 10.2. The van der Waals surface area contributed by atoms with Gasteiger partial charge in [-0.1, -0.05) is 23.2 Å². The van der Waals surface area contributed by atoms with Crippen LogP contribution >= 0.6 is 23.2 Å². The average molecular weight is 218 g/mol. The SMILES string of the molecule is O=C(O)C=Cc1cc(Cl)nc(Cl)c1. The molecule has 5 heteroatoms. The van der Waals surface area contributed by atoms with Gasteiger partial charge in [-0.2, -0.15) is 0 Å². The third-order valence-corrected chi connectivity index (χ3v) is 1.59. The Kier molecular flexibility index (Phi) is 3.28. The maximum absolute atomic E-state index is 10.2. The second-order valence-corrected chi connectivity index (χ2v) is 2.99. The smallest absolute Gasteiger partial charge is 0.328 e. The summed E-state index contributed by atoms with van der Waals surface area (Å²) in [5, 5.41) is 8.81. The number of hydrogen-bond donors (Lipinski definition) is 1. The fourth-order valence-corrected chi connectivity index (χ4v) is 1.22. The molecule has 1 aromatic rings. The topological polar surface area (TPSA) is 50.2 Å². The summed E-state index contributed by atoms with van der Waals surface area (Å²) in [7, 11) is 0. The first-order chi connectivity index (χ1) is 6.08. The van der Waals surface area contributed by atoms with E-state index in [1.165, 1.54) is 18.2 Å². The van der Waals surface area contributed by atoms with E-state index in [2.05, 4.69) is 4.98 Å². The molecule has 1 aromatic heterocycles. The number of carbonyl (C=O) groups is 1. The van der Waals surface area contributed by atoms with E-state index in [1.807, 2.05) is 0 Å². The summed E-state index contributed by atoms with van der Waals surface area (Å²) in [6, 6.07) is 3.04. The molecule has 0 unspecified atom stereocenters. The number of carboxylic acids is 1. The monoisotopic (exact) mass is 217 g/mol. The molecule has 0 aliphatic rings. The molecule has 0 atom stereocenters. The molecule has 0 saturated heterocycles. The van der Waals surface area contributed by atoms with Crippen LogP contribution in [0.15, 0.2) is 18.2 Å². The summed E-state index contributed by atoms with van der Waals surface area (Å²) >= 11 is 11.2. The quantitative estimate of drug-likeness (QED) is 0.612. The van der Waals surface area contributed by atoms with Crippen LogP contribution in [0.25, 0.3) is 6.08 Å². The molecule has 0 amide bonds. The normalized spacial score (nSPS) is 10.6. The number of carboxylic acid groups (broad SMARTS) is 1. The number of aromatic nitrogens is 1. The lowest BCUT2D eigenvalue weighted by atomic mass is 10.2. The Morgan fingerprint density at radius 1 is 1.38 bits per heavy atom. The van der Waals surface area contributed by atoms with Crippen LogP contribution in [0.4, 0.5) is 0 Å². The highest BCUT2D eigenvalue weighted by Gasteiger charge is 1.96. The Morgan fingerprint density at radius 2 is 1.92 bits per heavy atom. The molecule has 0 saturated carbocycles. The minimum absolute atomic E-state index is 0.234. The first-order valence-corrected chi connectivity index (χ1v) is 4.07. The molecule has 1 rings (SSSR count). The first-order valence-electron chi connectivity index (χ1n) is 3.32. The zero-order chi connectivity index (χ0) is 9.84. The van der Waals surface area contributed by atoms with Crippen molar-refractivity contribution in [2.24, 2.45) is 0 Å². The van der Waals surface area contributed by atoms with Crippen molar-refractivity contribution in [3.05, 3.63) is 34.1 Å². The molecule has 0 radical (unpaired) electrons. The highest BCUT2D eigenvalue weighted by atomic mass is 35.5. The van der Waals surface area contributed by atoms with Gasteiger partial charge in [0, 0.05) is 6.08 Å². The van der Waals surface area contributed by atoms with Gasteiger partial charge in [-0.05, 0) is 23.8 Å². The van der Waals surface area contributed by atoms with Crippen molar-refractivity contribution in [2.75, 3.05) is 0 Å². The molecule has 0 fully saturated rings. The Balaban J connectivity index is 2.95. The molecule has 0 aliphatic heterocycles. The third kappa shape index (κ3) is 3.44. The van der Waals surface area contributed by atoms with Crippen LogP contribution < -0.4 is 0 Å². The largest absolute Gasteiger partial charge is 0.478 e. The molecule has 0 bridgehead atoms. The van der Waals surface area contributed by atoms with Crippen LogP contribution in [-0.2, 0) is 4.79 Å². The maximum Gasteiger partial charge on any atom is 0.328 e. The fraction of sp³-hybridized carbons (Fsp3) is 0. The number of rotatable bonds is 2. The van der Waals surface area contributed by atoms with E-state index in [1.54, 1.807) is 0 Å². The van der Waals surface area contributed by atoms with Gasteiger partial charge in [0.2, 0.25) is 0 Å². The van der Waals surface area contributed by atoms with Crippen LogP contribution in [0.2, 0.25) is 10.3 Å². The number of hydrogen-bond acceptors (Lipinski definition) is 2. The Morgan fingerprint density at radius 3 is 2.38 bits per heavy atom. The lowest BCUT2D eigenvalue weighted by Crippen LogP contribution is -1.86. The highest BCUT2D eigenvalue weighted by molar-refractivity contribution is 6.32. The first kappa shape index (κ1) is 10.0. The number of halogens is 2. The number of nitrogens with zero attached hydrogens (tertiary/aromatic N) is 1.